The van der Waals surface area contributed by atoms with E-state index in [1.165, 1.54) is 6.07 Å². The van der Waals surface area contributed by atoms with Crippen molar-refractivity contribution in [2.24, 2.45) is 0 Å². The number of benzene rings is 1. The number of hydrogen-bond acceptors (Lipinski definition) is 2. The molecule has 0 bridgehead atoms. The molecule has 0 aliphatic carbocycles. The maximum atomic E-state index is 13.8. The van der Waals surface area contributed by atoms with Gasteiger partial charge in [-0.3, -0.25) is 4.79 Å². The van der Waals surface area contributed by atoms with Crippen molar-refractivity contribution >= 4 is 23.2 Å². The summed E-state index contributed by atoms with van der Waals surface area (Å²) in [6, 6.07) is 2.35. The number of anilines is 1. The molecule has 18 heavy (non-hydrogen) atoms. The highest BCUT2D eigenvalue weighted by molar-refractivity contribution is 6.31. The SMILES string of the molecule is CC(F)(F)C(=O)Nc1ccc(Cl)c(CCO)c1F. The van der Waals surface area contributed by atoms with Crippen LogP contribution in [0.3, 0.4) is 0 Å². The van der Waals surface area contributed by atoms with E-state index in [0.29, 0.717) is 6.92 Å². The van der Waals surface area contributed by atoms with Gasteiger partial charge in [-0.05, 0) is 18.6 Å². The van der Waals surface area contributed by atoms with Gasteiger partial charge in [0.05, 0.1) is 5.69 Å². The van der Waals surface area contributed by atoms with Crippen molar-refractivity contribution in [2.45, 2.75) is 19.3 Å². The Bertz CT molecular complexity index is 460. The van der Waals surface area contributed by atoms with E-state index in [1.54, 1.807) is 5.32 Å². The van der Waals surface area contributed by atoms with E-state index < -0.39 is 23.3 Å². The summed E-state index contributed by atoms with van der Waals surface area (Å²) in [6.45, 7) is 0.0583. The standard InChI is InChI=1S/C11H11ClF3NO2/c1-11(14,15)10(18)16-8-3-2-7(12)6(4-5-17)9(8)13/h2-3,17H,4-5H2,1H3,(H,16,18). The van der Waals surface area contributed by atoms with E-state index in [4.69, 9.17) is 16.7 Å². The zero-order chi connectivity index (χ0) is 13.9. The Morgan fingerprint density at radius 2 is 2.11 bits per heavy atom. The van der Waals surface area contributed by atoms with Crippen LogP contribution in [0.25, 0.3) is 0 Å². The van der Waals surface area contributed by atoms with Gasteiger partial charge in [-0.2, -0.15) is 8.78 Å². The van der Waals surface area contributed by atoms with Gasteiger partial charge < -0.3 is 10.4 Å². The Morgan fingerprint density at radius 1 is 1.50 bits per heavy atom. The molecule has 0 unspecified atom stereocenters. The molecule has 1 aromatic carbocycles. The van der Waals surface area contributed by atoms with Gasteiger partial charge in [0.25, 0.3) is 5.91 Å². The molecule has 7 heteroatoms. The van der Waals surface area contributed by atoms with Gasteiger partial charge in [0.1, 0.15) is 0 Å². The second-order valence-corrected chi connectivity index (χ2v) is 4.11. The molecule has 100 valence electrons. The van der Waals surface area contributed by atoms with Crippen molar-refractivity contribution in [3.05, 3.63) is 28.5 Å². The Morgan fingerprint density at radius 3 is 2.61 bits per heavy atom. The molecule has 3 nitrogen and oxygen atoms in total. The fourth-order valence-corrected chi connectivity index (χ4v) is 1.51. The average Bonchev–Trinajstić information content (AvgIpc) is 2.26. The Labute approximate surface area is 107 Å². The fraction of sp³-hybridized carbons (Fsp3) is 0.364. The molecule has 1 aromatic rings. The molecule has 2 N–H and O–H groups in total. The van der Waals surface area contributed by atoms with Crippen LogP contribution in [0.4, 0.5) is 18.9 Å². The number of amides is 1. The highest BCUT2D eigenvalue weighted by atomic mass is 35.5. The van der Waals surface area contributed by atoms with Gasteiger partial charge in [0.15, 0.2) is 5.82 Å². The Kier molecular flexibility index (Phi) is 4.59. The topological polar surface area (TPSA) is 49.3 Å². The van der Waals surface area contributed by atoms with Crippen LogP contribution in [0.15, 0.2) is 12.1 Å². The number of hydrogen-bond donors (Lipinski definition) is 2. The molecule has 0 spiro atoms. The zero-order valence-corrected chi connectivity index (χ0v) is 10.2. The summed E-state index contributed by atoms with van der Waals surface area (Å²) in [5, 5.41) is 10.6. The lowest BCUT2D eigenvalue weighted by molar-refractivity contribution is -0.137. The number of nitrogens with one attached hydrogen (secondary N) is 1. The monoisotopic (exact) mass is 281 g/mol. The first-order valence-corrected chi connectivity index (χ1v) is 5.42. The first kappa shape index (κ1) is 14.8. The van der Waals surface area contributed by atoms with Crippen molar-refractivity contribution in [1.82, 2.24) is 0 Å². The third-order valence-corrected chi connectivity index (χ3v) is 2.55. The molecule has 0 aromatic heterocycles. The summed E-state index contributed by atoms with van der Waals surface area (Å²) in [5.41, 5.74) is -0.425. The van der Waals surface area contributed by atoms with E-state index in [1.807, 2.05) is 0 Å². The number of aliphatic hydroxyl groups is 1. The number of carbonyl (C=O) groups is 1. The van der Waals surface area contributed by atoms with Gasteiger partial charge in [-0.15, -0.1) is 0 Å². The van der Waals surface area contributed by atoms with E-state index in [9.17, 15) is 18.0 Å². The van der Waals surface area contributed by atoms with E-state index in [0.717, 1.165) is 6.07 Å². The highest BCUT2D eigenvalue weighted by Crippen LogP contribution is 2.27. The number of carbonyl (C=O) groups excluding carboxylic acids is 1. The lowest BCUT2D eigenvalue weighted by atomic mass is 10.1. The zero-order valence-electron chi connectivity index (χ0n) is 9.44. The Balaban J connectivity index is 3.05. The van der Waals surface area contributed by atoms with Crippen LogP contribution in [0.2, 0.25) is 5.02 Å². The summed E-state index contributed by atoms with van der Waals surface area (Å²) in [5.74, 6) is -6.14. The third-order valence-electron chi connectivity index (χ3n) is 2.19. The van der Waals surface area contributed by atoms with Crippen molar-refractivity contribution < 1.29 is 23.1 Å². The number of aliphatic hydroxyl groups excluding tert-OH is 1. The molecule has 0 radical (unpaired) electrons. The second-order valence-electron chi connectivity index (χ2n) is 3.70. The maximum Gasteiger partial charge on any atom is 0.322 e. The summed E-state index contributed by atoms with van der Waals surface area (Å²) in [7, 11) is 0. The summed E-state index contributed by atoms with van der Waals surface area (Å²) >= 11 is 5.69. The second kappa shape index (κ2) is 5.58. The summed E-state index contributed by atoms with van der Waals surface area (Å²) < 4.78 is 39.1. The molecular weight excluding hydrogens is 271 g/mol. The quantitative estimate of drug-likeness (QED) is 0.891. The van der Waals surface area contributed by atoms with Crippen LogP contribution < -0.4 is 5.32 Å². The predicted octanol–water partition coefficient (Wildman–Crippen LogP) is 2.61. The molecule has 1 rings (SSSR count). The highest BCUT2D eigenvalue weighted by Gasteiger charge is 2.32. The lowest BCUT2D eigenvalue weighted by Crippen LogP contribution is -2.31. The molecule has 0 fully saturated rings. The van der Waals surface area contributed by atoms with Crippen molar-refractivity contribution in [2.75, 3.05) is 11.9 Å². The van der Waals surface area contributed by atoms with Gasteiger partial charge in [-0.25, -0.2) is 4.39 Å². The van der Waals surface area contributed by atoms with E-state index in [2.05, 4.69) is 0 Å². The van der Waals surface area contributed by atoms with Gasteiger partial charge in [0.2, 0.25) is 0 Å². The number of halogens is 4. The summed E-state index contributed by atoms with van der Waals surface area (Å²) in [6.07, 6.45) is -0.0725. The molecule has 0 saturated carbocycles. The smallest absolute Gasteiger partial charge is 0.322 e. The molecule has 0 aliphatic heterocycles. The molecule has 0 heterocycles. The first-order valence-electron chi connectivity index (χ1n) is 5.04. The van der Waals surface area contributed by atoms with Crippen molar-refractivity contribution in [3.63, 3.8) is 0 Å². The molecular formula is C11H11ClF3NO2. The van der Waals surface area contributed by atoms with Crippen LogP contribution in [-0.2, 0) is 11.2 Å². The van der Waals surface area contributed by atoms with Gasteiger partial charge >= 0.3 is 5.92 Å². The third kappa shape index (κ3) is 3.36. The minimum atomic E-state index is -3.61. The molecule has 0 aliphatic rings. The van der Waals surface area contributed by atoms with E-state index in [-0.39, 0.29) is 23.6 Å². The minimum absolute atomic E-state index is 0.0311. The van der Waals surface area contributed by atoms with Crippen LogP contribution in [0.5, 0.6) is 0 Å². The van der Waals surface area contributed by atoms with E-state index >= 15 is 0 Å². The number of rotatable bonds is 4. The fourth-order valence-electron chi connectivity index (χ4n) is 1.27. The Hall–Kier alpha value is -1.27. The summed E-state index contributed by atoms with van der Waals surface area (Å²) in [4.78, 5) is 11.0. The average molecular weight is 282 g/mol. The predicted molar refractivity (Wildman–Crippen MR) is 61.5 cm³/mol. The molecule has 0 saturated heterocycles. The van der Waals surface area contributed by atoms with Gasteiger partial charge in [0, 0.05) is 24.1 Å². The van der Waals surface area contributed by atoms with Crippen LogP contribution in [0.1, 0.15) is 12.5 Å². The van der Waals surface area contributed by atoms with Crippen molar-refractivity contribution in [1.29, 1.82) is 0 Å². The normalized spacial score (nSPS) is 11.4. The van der Waals surface area contributed by atoms with Crippen molar-refractivity contribution in [3.8, 4) is 0 Å². The first-order chi connectivity index (χ1) is 8.27. The van der Waals surface area contributed by atoms with Crippen LogP contribution in [-0.4, -0.2) is 23.5 Å². The van der Waals surface area contributed by atoms with Gasteiger partial charge in [-0.1, -0.05) is 11.6 Å². The maximum absolute atomic E-state index is 13.8. The minimum Gasteiger partial charge on any atom is -0.396 e. The lowest BCUT2D eigenvalue weighted by Gasteiger charge is -2.13. The van der Waals surface area contributed by atoms with Crippen LogP contribution >= 0.6 is 11.6 Å². The van der Waals surface area contributed by atoms with Crippen LogP contribution in [0, 0.1) is 5.82 Å². The molecule has 0 atom stereocenters. The number of alkyl halides is 2. The largest absolute Gasteiger partial charge is 0.396 e. The molecule has 1 amide bonds.